The molecule has 0 aliphatic heterocycles. The molecular weight excluding hydrogens is 771 g/mol. The number of anilines is 3. The maximum Gasteiger partial charge on any atom is 0.0465 e. The first-order valence-corrected chi connectivity index (χ1v) is 22.3. The van der Waals surface area contributed by atoms with Gasteiger partial charge in [0.25, 0.3) is 0 Å². The van der Waals surface area contributed by atoms with Gasteiger partial charge < -0.3 is 4.90 Å². The largest absolute Gasteiger partial charge is 0.310 e. The molecule has 64 heavy (non-hydrogen) atoms. The van der Waals surface area contributed by atoms with Crippen molar-refractivity contribution in [2.75, 3.05) is 4.90 Å². The minimum Gasteiger partial charge on any atom is -0.310 e. The summed E-state index contributed by atoms with van der Waals surface area (Å²) in [5, 5.41) is 0. The third-order valence-corrected chi connectivity index (χ3v) is 13.1. The minimum atomic E-state index is -0.134. The average molecular weight is 818 g/mol. The summed E-state index contributed by atoms with van der Waals surface area (Å²) in [5.41, 5.74) is 23.0. The molecule has 1 aliphatic carbocycles. The van der Waals surface area contributed by atoms with E-state index in [1.165, 1.54) is 89.0 Å². The van der Waals surface area contributed by atoms with E-state index in [2.05, 4.69) is 267 Å². The fourth-order valence-electron chi connectivity index (χ4n) is 9.99. The second-order valence-corrected chi connectivity index (χ2v) is 17.2. The maximum atomic E-state index is 2.43. The molecule has 0 radical (unpaired) electrons. The van der Waals surface area contributed by atoms with Gasteiger partial charge in [0.15, 0.2) is 0 Å². The molecule has 0 saturated heterocycles. The fraction of sp³-hybridized carbons (Fsp3) is 0.0476. The normalized spacial score (nSPS) is 12.3. The topological polar surface area (TPSA) is 3.24 Å². The minimum absolute atomic E-state index is 0.134. The zero-order valence-corrected chi connectivity index (χ0v) is 36.1. The molecule has 0 aromatic heterocycles. The van der Waals surface area contributed by atoms with Gasteiger partial charge in [0.2, 0.25) is 0 Å². The summed E-state index contributed by atoms with van der Waals surface area (Å²) in [7, 11) is 0. The number of hydrogen-bond donors (Lipinski definition) is 0. The van der Waals surface area contributed by atoms with Crippen LogP contribution in [0.15, 0.2) is 249 Å². The van der Waals surface area contributed by atoms with Gasteiger partial charge in [-0.1, -0.05) is 226 Å². The van der Waals surface area contributed by atoms with Crippen molar-refractivity contribution >= 4 is 17.1 Å². The molecule has 0 spiro atoms. The van der Waals surface area contributed by atoms with E-state index in [1.807, 2.05) is 0 Å². The molecule has 10 aromatic carbocycles. The van der Waals surface area contributed by atoms with Gasteiger partial charge in [-0.05, 0) is 125 Å². The van der Waals surface area contributed by atoms with Crippen LogP contribution in [0.25, 0.3) is 77.9 Å². The van der Waals surface area contributed by atoms with Crippen LogP contribution in [0.5, 0.6) is 0 Å². The van der Waals surface area contributed by atoms with Gasteiger partial charge >= 0.3 is 0 Å². The van der Waals surface area contributed by atoms with Gasteiger partial charge in [0, 0.05) is 22.5 Å². The van der Waals surface area contributed by atoms with Crippen molar-refractivity contribution in [3.05, 3.63) is 260 Å². The zero-order valence-electron chi connectivity index (χ0n) is 36.1. The Hall–Kier alpha value is -8.00. The Morgan fingerprint density at radius 1 is 0.250 bits per heavy atom. The van der Waals surface area contributed by atoms with Gasteiger partial charge in [0.1, 0.15) is 0 Å². The van der Waals surface area contributed by atoms with E-state index in [4.69, 9.17) is 0 Å². The molecule has 304 valence electrons. The van der Waals surface area contributed by atoms with E-state index in [-0.39, 0.29) is 5.41 Å². The van der Waals surface area contributed by atoms with Gasteiger partial charge in [-0.3, -0.25) is 0 Å². The number of hydrogen-bond acceptors (Lipinski definition) is 1. The van der Waals surface area contributed by atoms with E-state index in [1.54, 1.807) is 0 Å². The molecule has 0 fully saturated rings. The van der Waals surface area contributed by atoms with Crippen LogP contribution in [0.2, 0.25) is 0 Å². The molecule has 0 amide bonds. The van der Waals surface area contributed by atoms with Crippen LogP contribution < -0.4 is 4.90 Å². The Kier molecular flexibility index (Phi) is 9.94. The summed E-state index contributed by atoms with van der Waals surface area (Å²) in [6, 6.07) is 90.8. The van der Waals surface area contributed by atoms with Crippen LogP contribution in [0.3, 0.4) is 0 Å². The van der Waals surface area contributed by atoms with Crippen molar-refractivity contribution in [1.82, 2.24) is 0 Å². The lowest BCUT2D eigenvalue weighted by atomic mass is 9.82. The van der Waals surface area contributed by atoms with Crippen LogP contribution in [-0.4, -0.2) is 0 Å². The van der Waals surface area contributed by atoms with Crippen LogP contribution in [0.4, 0.5) is 17.1 Å². The molecule has 1 nitrogen and oxygen atoms in total. The summed E-state index contributed by atoms with van der Waals surface area (Å²) in [4.78, 5) is 2.43. The first kappa shape index (κ1) is 38.9. The Morgan fingerprint density at radius 3 is 0.984 bits per heavy atom. The molecule has 10 aromatic rings. The summed E-state index contributed by atoms with van der Waals surface area (Å²) in [6.07, 6.45) is 0. The fourth-order valence-corrected chi connectivity index (χ4v) is 9.99. The Balaban J connectivity index is 1.07. The monoisotopic (exact) mass is 817 g/mol. The highest BCUT2D eigenvalue weighted by atomic mass is 15.1. The van der Waals surface area contributed by atoms with Crippen LogP contribution in [-0.2, 0) is 5.41 Å². The molecule has 0 bridgehead atoms. The average Bonchev–Trinajstić information content (AvgIpc) is 3.60. The third-order valence-electron chi connectivity index (χ3n) is 13.1. The van der Waals surface area contributed by atoms with Crippen molar-refractivity contribution in [2.24, 2.45) is 0 Å². The van der Waals surface area contributed by atoms with Crippen molar-refractivity contribution in [3.63, 3.8) is 0 Å². The molecule has 11 rings (SSSR count). The van der Waals surface area contributed by atoms with Gasteiger partial charge in [-0.15, -0.1) is 0 Å². The van der Waals surface area contributed by atoms with Crippen LogP contribution >= 0.6 is 0 Å². The van der Waals surface area contributed by atoms with Crippen molar-refractivity contribution in [3.8, 4) is 77.9 Å². The smallest absolute Gasteiger partial charge is 0.0465 e. The second kappa shape index (κ2) is 16.4. The summed E-state index contributed by atoms with van der Waals surface area (Å²) in [6.45, 7) is 4.72. The molecule has 1 heteroatoms. The predicted octanol–water partition coefficient (Wildman–Crippen LogP) is 17.5. The van der Waals surface area contributed by atoms with E-state index in [0.29, 0.717) is 0 Å². The summed E-state index contributed by atoms with van der Waals surface area (Å²) < 4.78 is 0. The number of benzene rings is 10. The van der Waals surface area contributed by atoms with Crippen molar-refractivity contribution in [1.29, 1.82) is 0 Å². The van der Waals surface area contributed by atoms with E-state index in [9.17, 15) is 0 Å². The maximum absolute atomic E-state index is 2.43. The zero-order chi connectivity index (χ0) is 43.0. The molecule has 0 heterocycles. The Bertz CT molecular complexity index is 2960. The van der Waals surface area contributed by atoms with Crippen LogP contribution in [0, 0.1) is 0 Å². The van der Waals surface area contributed by atoms with Crippen LogP contribution in [0.1, 0.15) is 25.0 Å². The molecule has 0 unspecified atom stereocenters. The van der Waals surface area contributed by atoms with Crippen molar-refractivity contribution < 1.29 is 0 Å². The molecule has 1 aliphatic rings. The van der Waals surface area contributed by atoms with Gasteiger partial charge in [0.05, 0.1) is 0 Å². The Morgan fingerprint density at radius 2 is 0.578 bits per heavy atom. The molecular formula is C63H47N. The number of rotatable bonds is 9. The summed E-state index contributed by atoms with van der Waals surface area (Å²) in [5.74, 6) is 0. The highest BCUT2D eigenvalue weighted by Gasteiger charge is 2.35. The first-order valence-electron chi connectivity index (χ1n) is 22.3. The Labute approximate surface area is 377 Å². The van der Waals surface area contributed by atoms with E-state index in [0.717, 1.165) is 17.1 Å². The lowest BCUT2D eigenvalue weighted by molar-refractivity contribution is 0.660. The lowest BCUT2D eigenvalue weighted by Crippen LogP contribution is -2.16. The molecule has 0 N–H and O–H groups in total. The second-order valence-electron chi connectivity index (χ2n) is 17.2. The van der Waals surface area contributed by atoms with Gasteiger partial charge in [-0.25, -0.2) is 0 Å². The molecule has 0 atom stereocenters. The van der Waals surface area contributed by atoms with Gasteiger partial charge in [-0.2, -0.15) is 0 Å². The standard InChI is InChI=1S/C63H47N/c1-63(2)59-32-16-15-27-57(59)58-42-41-52(43-60(58)63)64(50-37-33-48(34-38-50)61-53(44-19-7-3-8-20-44)28-17-29-54(61)45-21-9-4-10-22-45)51-39-35-49(36-40-51)62-55(46-23-11-5-12-24-46)30-18-31-56(62)47-25-13-6-14-26-47/h3-43H,1-2H3. The highest BCUT2D eigenvalue weighted by Crippen LogP contribution is 2.51. The lowest BCUT2D eigenvalue weighted by Gasteiger charge is -2.28. The number of nitrogens with zero attached hydrogens (tertiary/aromatic N) is 1. The molecule has 0 saturated carbocycles. The number of fused-ring (bicyclic) bond motifs is 3. The van der Waals surface area contributed by atoms with Crippen molar-refractivity contribution in [2.45, 2.75) is 19.3 Å². The SMILES string of the molecule is CC1(C)c2ccccc2-c2ccc(N(c3ccc(-c4c(-c5ccccc5)cccc4-c4ccccc4)cc3)c3ccc(-c4c(-c5ccccc5)cccc4-c4ccccc4)cc3)cc21. The first-order chi connectivity index (χ1) is 31.5. The van der Waals surface area contributed by atoms with E-state index < -0.39 is 0 Å². The van der Waals surface area contributed by atoms with E-state index >= 15 is 0 Å². The third kappa shape index (κ3) is 6.93. The summed E-state index contributed by atoms with van der Waals surface area (Å²) >= 11 is 0. The highest BCUT2D eigenvalue weighted by molar-refractivity contribution is 5.97. The quantitative estimate of drug-likeness (QED) is 0.140. The predicted molar refractivity (Wildman–Crippen MR) is 271 cm³/mol.